The van der Waals surface area contributed by atoms with Crippen LogP contribution in [0.3, 0.4) is 0 Å². The van der Waals surface area contributed by atoms with Gasteiger partial charge in [0.05, 0.1) is 20.3 Å². The van der Waals surface area contributed by atoms with E-state index in [0.717, 1.165) is 12.1 Å². The lowest BCUT2D eigenvalue weighted by molar-refractivity contribution is -0.277. The monoisotopic (exact) mass is 640 g/mol. The molecule has 3 heterocycles. The van der Waals surface area contributed by atoms with Crippen LogP contribution in [0.5, 0.6) is 28.7 Å². The fraction of sp³-hybridized carbons (Fsp3) is 0.464. The lowest BCUT2D eigenvalue weighted by atomic mass is 9.99. The molecule has 0 amide bonds. The molecule has 5 rings (SSSR count). The third-order valence-electron chi connectivity index (χ3n) is 7.52. The van der Waals surface area contributed by atoms with Crippen molar-refractivity contribution < 1.29 is 79.2 Å². The van der Waals surface area contributed by atoms with Crippen LogP contribution in [-0.4, -0.2) is 133 Å². The van der Waals surface area contributed by atoms with Gasteiger partial charge >= 0.3 is 0 Å². The van der Waals surface area contributed by atoms with Crippen LogP contribution in [0, 0.1) is 0 Å². The zero-order valence-corrected chi connectivity index (χ0v) is 23.4. The van der Waals surface area contributed by atoms with Gasteiger partial charge in [0.2, 0.25) is 23.8 Å². The van der Waals surface area contributed by atoms with Crippen LogP contribution in [0.25, 0.3) is 22.3 Å². The van der Waals surface area contributed by atoms with Crippen molar-refractivity contribution in [1.82, 2.24) is 0 Å². The van der Waals surface area contributed by atoms with Crippen molar-refractivity contribution in [3.05, 3.63) is 40.6 Å². The molecule has 0 radical (unpaired) electrons. The zero-order chi connectivity index (χ0) is 32.7. The topological polar surface area (TPSA) is 279 Å². The van der Waals surface area contributed by atoms with Crippen molar-refractivity contribution in [2.45, 2.75) is 61.4 Å². The molecule has 0 aliphatic carbocycles. The lowest BCUT2D eigenvalue weighted by Crippen LogP contribution is -2.60. The Morgan fingerprint density at radius 2 is 1.31 bits per heavy atom. The molecular weight excluding hydrogens is 608 g/mol. The standard InChI is InChI=1S/C28H32O17/c1-40-13-4-9(2-3-12(13)42-27-23(38)21(36)18(33)15(7-29)43-27)25-26(20(35)17-11(32)5-10(31)6-14(17)41-25)45-28-24(39)22(37)19(34)16(8-30)44-28/h2-6,15-16,18-19,21-24,27-34,36-39H,7-8H2,1H3/t15-,16+,18-,19+,21+,22+,23-,24+,27-,28+/m1/s1. The van der Waals surface area contributed by atoms with E-state index in [4.69, 9.17) is 28.1 Å². The van der Waals surface area contributed by atoms with Gasteiger partial charge in [-0.05, 0) is 18.2 Å². The predicted octanol–water partition coefficient (Wildman–Crippen LogP) is -2.76. The Hall–Kier alpha value is -3.75. The fourth-order valence-corrected chi connectivity index (χ4v) is 5.04. The van der Waals surface area contributed by atoms with Crippen molar-refractivity contribution in [3.8, 4) is 40.1 Å². The number of hydrogen-bond donors (Lipinski definition) is 10. The summed E-state index contributed by atoms with van der Waals surface area (Å²) in [6.45, 7) is -1.47. The van der Waals surface area contributed by atoms with Crippen LogP contribution in [0.2, 0.25) is 0 Å². The molecule has 2 aliphatic heterocycles. The largest absolute Gasteiger partial charge is 0.508 e. The van der Waals surface area contributed by atoms with Crippen LogP contribution in [0.4, 0.5) is 0 Å². The number of aliphatic hydroxyl groups is 8. The molecule has 2 saturated heterocycles. The summed E-state index contributed by atoms with van der Waals surface area (Å²) < 4.78 is 33.4. The molecule has 45 heavy (non-hydrogen) atoms. The van der Waals surface area contributed by atoms with Crippen LogP contribution >= 0.6 is 0 Å². The van der Waals surface area contributed by atoms with Crippen LogP contribution in [-0.2, 0) is 9.47 Å². The SMILES string of the molecule is COc1cc(-c2oc3cc(O)cc(O)c3c(=O)c2O[C@@H]2O[C@@H](CO)[C@H](O)[C@H](O)[C@@H]2O)ccc1O[C@@H]1O[C@H](CO)[C@@H](O)[C@H](O)[C@H]1O. The van der Waals surface area contributed by atoms with Gasteiger partial charge in [-0.3, -0.25) is 4.79 Å². The molecule has 0 saturated carbocycles. The number of ether oxygens (including phenoxy) is 5. The number of phenolic OH excluding ortho intramolecular Hbond substituents is 2. The molecular formula is C28H32O17. The van der Waals surface area contributed by atoms with Gasteiger partial charge in [-0.2, -0.15) is 0 Å². The van der Waals surface area contributed by atoms with E-state index in [9.17, 15) is 55.9 Å². The van der Waals surface area contributed by atoms with E-state index in [2.05, 4.69) is 0 Å². The second-order valence-electron chi connectivity index (χ2n) is 10.4. The van der Waals surface area contributed by atoms with Gasteiger partial charge in [-0.15, -0.1) is 0 Å². The van der Waals surface area contributed by atoms with E-state index >= 15 is 0 Å². The average molecular weight is 641 g/mol. The molecule has 2 fully saturated rings. The molecule has 2 aliphatic rings. The molecule has 1 aromatic heterocycles. The number of aliphatic hydroxyl groups excluding tert-OH is 8. The molecule has 10 N–H and O–H groups in total. The Balaban J connectivity index is 1.58. The first-order valence-corrected chi connectivity index (χ1v) is 13.6. The Morgan fingerprint density at radius 1 is 0.733 bits per heavy atom. The van der Waals surface area contributed by atoms with E-state index in [-0.39, 0.29) is 28.4 Å². The summed E-state index contributed by atoms with van der Waals surface area (Å²) >= 11 is 0. The molecule has 2 aromatic carbocycles. The van der Waals surface area contributed by atoms with Crippen molar-refractivity contribution >= 4 is 11.0 Å². The summed E-state index contributed by atoms with van der Waals surface area (Å²) in [5.41, 5.74) is -1.23. The van der Waals surface area contributed by atoms with Crippen molar-refractivity contribution in [1.29, 1.82) is 0 Å². The quantitative estimate of drug-likeness (QED) is 0.119. The normalized spacial score (nSPS) is 31.9. The van der Waals surface area contributed by atoms with Gasteiger partial charge < -0.3 is 79.2 Å². The average Bonchev–Trinajstić information content (AvgIpc) is 3.02. The van der Waals surface area contributed by atoms with Gasteiger partial charge in [0.1, 0.15) is 71.3 Å². The number of methoxy groups -OCH3 is 1. The van der Waals surface area contributed by atoms with Gasteiger partial charge in [-0.1, -0.05) is 0 Å². The minimum absolute atomic E-state index is 0.0504. The molecule has 3 aromatic rings. The number of rotatable bonds is 8. The number of hydrogen-bond acceptors (Lipinski definition) is 17. The smallest absolute Gasteiger partial charge is 0.239 e. The molecule has 17 nitrogen and oxygen atoms in total. The maximum Gasteiger partial charge on any atom is 0.239 e. The number of aromatic hydroxyl groups is 2. The molecule has 10 atom stereocenters. The first-order chi connectivity index (χ1) is 21.4. The van der Waals surface area contributed by atoms with E-state index in [1.54, 1.807) is 0 Å². The highest BCUT2D eigenvalue weighted by Crippen LogP contribution is 2.40. The highest BCUT2D eigenvalue weighted by atomic mass is 16.7. The van der Waals surface area contributed by atoms with Crippen molar-refractivity contribution in [2.24, 2.45) is 0 Å². The van der Waals surface area contributed by atoms with E-state index in [0.29, 0.717) is 0 Å². The van der Waals surface area contributed by atoms with Crippen LogP contribution in [0.1, 0.15) is 0 Å². The second-order valence-corrected chi connectivity index (χ2v) is 10.4. The van der Waals surface area contributed by atoms with Crippen LogP contribution < -0.4 is 19.6 Å². The highest BCUT2D eigenvalue weighted by Gasteiger charge is 2.46. The third kappa shape index (κ3) is 5.98. The predicted molar refractivity (Wildman–Crippen MR) is 147 cm³/mol. The van der Waals surface area contributed by atoms with Gasteiger partial charge in [0, 0.05) is 17.7 Å². The van der Waals surface area contributed by atoms with Gasteiger partial charge in [0.25, 0.3) is 0 Å². The third-order valence-corrected chi connectivity index (χ3v) is 7.52. The van der Waals surface area contributed by atoms with E-state index in [1.807, 2.05) is 0 Å². The summed E-state index contributed by atoms with van der Waals surface area (Å²) in [4.78, 5) is 13.7. The molecule has 0 unspecified atom stereocenters. The lowest BCUT2D eigenvalue weighted by Gasteiger charge is -2.39. The first kappa shape index (κ1) is 32.6. The summed E-state index contributed by atoms with van der Waals surface area (Å²) in [5.74, 6) is -2.25. The minimum Gasteiger partial charge on any atom is -0.508 e. The van der Waals surface area contributed by atoms with E-state index in [1.165, 1.54) is 25.3 Å². The first-order valence-electron chi connectivity index (χ1n) is 13.6. The molecule has 0 bridgehead atoms. The zero-order valence-electron chi connectivity index (χ0n) is 23.4. The minimum atomic E-state index is -1.91. The summed E-state index contributed by atoms with van der Waals surface area (Å²) in [5, 5.41) is 100. The summed E-state index contributed by atoms with van der Waals surface area (Å²) in [7, 11) is 1.25. The maximum atomic E-state index is 13.7. The number of fused-ring (bicyclic) bond motifs is 1. The molecule has 246 valence electrons. The van der Waals surface area contributed by atoms with Crippen molar-refractivity contribution in [3.63, 3.8) is 0 Å². The maximum absolute atomic E-state index is 13.7. The molecule has 17 heteroatoms. The van der Waals surface area contributed by atoms with E-state index < -0.39 is 103 Å². The van der Waals surface area contributed by atoms with Gasteiger partial charge in [-0.25, -0.2) is 0 Å². The number of phenols is 2. The fourth-order valence-electron chi connectivity index (χ4n) is 5.04. The Kier molecular flexibility index (Phi) is 9.38. The Labute approximate surface area is 252 Å². The second kappa shape index (κ2) is 12.9. The van der Waals surface area contributed by atoms with Crippen molar-refractivity contribution in [2.75, 3.05) is 20.3 Å². The highest BCUT2D eigenvalue weighted by molar-refractivity contribution is 5.88. The molecule has 0 spiro atoms. The Morgan fingerprint density at radius 3 is 1.87 bits per heavy atom. The Bertz CT molecular complexity index is 1570. The summed E-state index contributed by atoms with van der Waals surface area (Å²) in [6.07, 6.45) is -16.6. The number of benzene rings is 2. The summed E-state index contributed by atoms with van der Waals surface area (Å²) in [6, 6.07) is 5.83. The van der Waals surface area contributed by atoms with Gasteiger partial charge in [0.15, 0.2) is 17.3 Å². The van der Waals surface area contributed by atoms with Crippen LogP contribution in [0.15, 0.2) is 39.5 Å².